The number of methoxy groups -OCH3 is 1. The zero-order chi connectivity index (χ0) is 17.6. The summed E-state index contributed by atoms with van der Waals surface area (Å²) in [5, 5.41) is 11.6. The maximum atomic E-state index is 12.3. The van der Waals surface area contributed by atoms with E-state index in [1.54, 1.807) is 31.4 Å². The number of imidazole rings is 1. The van der Waals surface area contributed by atoms with Crippen LogP contribution in [0.15, 0.2) is 51.7 Å². The van der Waals surface area contributed by atoms with E-state index in [0.717, 1.165) is 0 Å². The average molecular weight is 337 g/mol. The molecule has 0 aliphatic carbocycles. The summed E-state index contributed by atoms with van der Waals surface area (Å²) >= 11 is 0. The number of hydrogen-bond acceptors (Lipinski definition) is 6. The number of nitrogens with one attached hydrogen (secondary N) is 1. The Morgan fingerprint density at radius 3 is 2.80 bits per heavy atom. The van der Waals surface area contributed by atoms with Gasteiger partial charge in [0.2, 0.25) is 0 Å². The monoisotopic (exact) mass is 337 g/mol. The molecule has 0 aliphatic heterocycles. The molecule has 2 aromatic carbocycles. The highest BCUT2D eigenvalue weighted by atomic mass is 16.6. The lowest BCUT2D eigenvalue weighted by Gasteiger charge is -2.02. The van der Waals surface area contributed by atoms with Crippen LogP contribution in [0.2, 0.25) is 0 Å². The lowest BCUT2D eigenvalue weighted by Crippen LogP contribution is -2.03. The van der Waals surface area contributed by atoms with Crippen molar-refractivity contribution in [3.8, 4) is 17.1 Å². The van der Waals surface area contributed by atoms with E-state index in [4.69, 9.17) is 9.15 Å². The lowest BCUT2D eigenvalue weighted by atomic mass is 10.1. The number of H-pyrrole nitrogens is 1. The van der Waals surface area contributed by atoms with Crippen LogP contribution in [0.4, 0.5) is 5.69 Å². The number of benzene rings is 2. The molecule has 0 radical (unpaired) electrons. The quantitative estimate of drug-likeness (QED) is 0.349. The molecule has 0 unspecified atom stereocenters. The first-order chi connectivity index (χ1) is 12.0. The van der Waals surface area contributed by atoms with Gasteiger partial charge in [0.25, 0.3) is 5.69 Å². The number of aromatic amines is 1. The molecule has 0 spiro atoms. The fourth-order valence-electron chi connectivity index (χ4n) is 2.63. The second-order valence-corrected chi connectivity index (χ2v) is 5.40. The van der Waals surface area contributed by atoms with Crippen LogP contribution in [0.25, 0.3) is 33.4 Å². The Morgan fingerprint density at radius 2 is 2.04 bits per heavy atom. The largest absolute Gasteiger partial charge is 0.497 e. The van der Waals surface area contributed by atoms with Gasteiger partial charge in [0, 0.05) is 17.5 Å². The van der Waals surface area contributed by atoms with Gasteiger partial charge >= 0.3 is 5.63 Å². The Balaban J connectivity index is 1.90. The number of fused-ring (bicyclic) bond motifs is 2. The van der Waals surface area contributed by atoms with Gasteiger partial charge < -0.3 is 14.1 Å². The highest BCUT2D eigenvalue weighted by Gasteiger charge is 2.14. The molecule has 0 saturated carbocycles. The van der Waals surface area contributed by atoms with Crippen molar-refractivity contribution in [3.63, 3.8) is 0 Å². The molecule has 2 aromatic heterocycles. The van der Waals surface area contributed by atoms with Crippen molar-refractivity contribution in [2.24, 2.45) is 0 Å². The fraction of sp³-hybridized carbons (Fsp3) is 0.0588. The van der Waals surface area contributed by atoms with Gasteiger partial charge in [-0.1, -0.05) is 0 Å². The minimum absolute atomic E-state index is 0.0574. The number of ether oxygens (including phenoxy) is 1. The third-order valence-corrected chi connectivity index (χ3v) is 3.87. The molecular weight excluding hydrogens is 326 g/mol. The fourth-order valence-corrected chi connectivity index (χ4v) is 2.63. The van der Waals surface area contributed by atoms with Crippen molar-refractivity contribution in [1.82, 2.24) is 9.97 Å². The molecule has 4 aromatic rings. The Morgan fingerprint density at radius 1 is 1.20 bits per heavy atom. The molecule has 124 valence electrons. The zero-order valence-corrected chi connectivity index (χ0v) is 13.0. The number of nitro groups is 1. The van der Waals surface area contributed by atoms with Crippen LogP contribution in [0.3, 0.4) is 0 Å². The molecular formula is C17H11N3O5. The first-order valence-electron chi connectivity index (χ1n) is 7.31. The van der Waals surface area contributed by atoms with E-state index in [1.165, 1.54) is 18.2 Å². The predicted molar refractivity (Wildman–Crippen MR) is 90.8 cm³/mol. The number of rotatable bonds is 3. The van der Waals surface area contributed by atoms with E-state index >= 15 is 0 Å². The van der Waals surface area contributed by atoms with Crippen LogP contribution in [0.5, 0.6) is 5.75 Å². The Labute approximate surface area is 139 Å². The van der Waals surface area contributed by atoms with Crippen LogP contribution >= 0.6 is 0 Å². The number of nitro benzene ring substituents is 1. The predicted octanol–water partition coefficient (Wildman–Crippen LogP) is 3.25. The first kappa shape index (κ1) is 14.9. The molecule has 8 heteroatoms. The van der Waals surface area contributed by atoms with Crippen LogP contribution in [-0.2, 0) is 0 Å². The number of non-ortho nitro benzene ring substituents is 1. The zero-order valence-electron chi connectivity index (χ0n) is 13.0. The maximum absolute atomic E-state index is 12.3. The van der Waals surface area contributed by atoms with Crippen molar-refractivity contribution in [2.45, 2.75) is 0 Å². The Kier molecular flexibility index (Phi) is 3.24. The van der Waals surface area contributed by atoms with Gasteiger partial charge in [0.05, 0.1) is 23.1 Å². The maximum Gasteiger partial charge on any atom is 0.347 e. The minimum Gasteiger partial charge on any atom is -0.497 e. The van der Waals surface area contributed by atoms with Crippen molar-refractivity contribution in [1.29, 1.82) is 0 Å². The van der Waals surface area contributed by atoms with Gasteiger partial charge in [0.15, 0.2) is 0 Å². The van der Waals surface area contributed by atoms with Gasteiger partial charge in [-0.2, -0.15) is 0 Å². The van der Waals surface area contributed by atoms with E-state index in [2.05, 4.69) is 9.97 Å². The van der Waals surface area contributed by atoms with Gasteiger partial charge in [-0.3, -0.25) is 10.1 Å². The van der Waals surface area contributed by atoms with Crippen molar-refractivity contribution in [2.75, 3.05) is 7.11 Å². The van der Waals surface area contributed by atoms with Gasteiger partial charge in [-0.05, 0) is 30.3 Å². The highest BCUT2D eigenvalue weighted by Crippen LogP contribution is 2.26. The van der Waals surface area contributed by atoms with E-state index in [0.29, 0.717) is 27.8 Å². The normalized spacial score (nSPS) is 11.1. The number of nitrogens with zero attached hydrogens (tertiary/aromatic N) is 2. The van der Waals surface area contributed by atoms with E-state index in [1.807, 2.05) is 0 Å². The summed E-state index contributed by atoms with van der Waals surface area (Å²) in [6, 6.07) is 11.0. The molecule has 0 bridgehead atoms. The molecule has 8 nitrogen and oxygen atoms in total. The second-order valence-electron chi connectivity index (χ2n) is 5.40. The summed E-state index contributed by atoms with van der Waals surface area (Å²) in [5.41, 5.74) is 1.05. The van der Waals surface area contributed by atoms with E-state index in [9.17, 15) is 14.9 Å². The molecule has 25 heavy (non-hydrogen) atoms. The smallest absolute Gasteiger partial charge is 0.347 e. The standard InChI is InChI=1S/C17H11N3O5/c1-24-11-3-5-15-9(6-11)7-12(17(21)25-15)16-18-13-4-2-10(20(22)23)8-14(13)19-16/h2-8H,1H3,(H,18,19). The summed E-state index contributed by atoms with van der Waals surface area (Å²) in [6.07, 6.45) is 0. The molecule has 1 N–H and O–H groups in total. The SMILES string of the molecule is COc1ccc2oc(=O)c(-c3nc4ccc([N+](=O)[O-])cc4[nH]3)cc2c1. The van der Waals surface area contributed by atoms with Crippen LogP contribution in [0.1, 0.15) is 0 Å². The molecule has 0 saturated heterocycles. The summed E-state index contributed by atoms with van der Waals surface area (Å²) < 4.78 is 10.5. The summed E-state index contributed by atoms with van der Waals surface area (Å²) in [7, 11) is 1.55. The molecule has 0 aliphatic rings. The minimum atomic E-state index is -0.550. The third-order valence-electron chi connectivity index (χ3n) is 3.87. The molecule has 4 rings (SSSR count). The second kappa shape index (κ2) is 5.45. The van der Waals surface area contributed by atoms with Crippen LogP contribution < -0.4 is 10.4 Å². The van der Waals surface area contributed by atoms with Gasteiger partial charge in [-0.25, -0.2) is 9.78 Å². The van der Waals surface area contributed by atoms with E-state index < -0.39 is 10.5 Å². The van der Waals surface area contributed by atoms with Gasteiger partial charge in [0.1, 0.15) is 22.7 Å². The van der Waals surface area contributed by atoms with Crippen LogP contribution in [0, 0.1) is 10.1 Å². The molecule has 0 atom stereocenters. The summed E-state index contributed by atoms with van der Waals surface area (Å²) in [6.45, 7) is 0. The number of aromatic nitrogens is 2. The first-order valence-corrected chi connectivity index (χ1v) is 7.31. The van der Waals surface area contributed by atoms with Crippen molar-refractivity contribution in [3.05, 3.63) is 63.0 Å². The van der Waals surface area contributed by atoms with Crippen molar-refractivity contribution >= 4 is 27.7 Å². The Hall–Kier alpha value is -3.68. The van der Waals surface area contributed by atoms with E-state index in [-0.39, 0.29) is 17.1 Å². The van der Waals surface area contributed by atoms with Crippen molar-refractivity contribution < 1.29 is 14.1 Å². The average Bonchev–Trinajstić information content (AvgIpc) is 3.03. The Bertz CT molecular complexity index is 1190. The summed E-state index contributed by atoms with van der Waals surface area (Å²) in [4.78, 5) is 29.9. The molecule has 0 fully saturated rings. The molecule has 2 heterocycles. The topological polar surface area (TPSA) is 111 Å². The number of hydrogen-bond donors (Lipinski definition) is 1. The highest BCUT2D eigenvalue weighted by molar-refractivity contribution is 5.85. The van der Waals surface area contributed by atoms with Crippen LogP contribution in [-0.4, -0.2) is 22.0 Å². The lowest BCUT2D eigenvalue weighted by molar-refractivity contribution is -0.384. The summed E-state index contributed by atoms with van der Waals surface area (Å²) in [5.74, 6) is 0.918. The third kappa shape index (κ3) is 2.49. The van der Waals surface area contributed by atoms with Gasteiger partial charge in [-0.15, -0.1) is 0 Å². The molecule has 0 amide bonds.